The highest BCUT2D eigenvalue weighted by atomic mass is 79.9. The molecule has 4 nitrogen and oxygen atoms in total. The molecule has 0 saturated heterocycles. The second kappa shape index (κ2) is 3.62. The molecule has 0 spiro atoms. The summed E-state index contributed by atoms with van der Waals surface area (Å²) in [7, 11) is 0. The van der Waals surface area contributed by atoms with Crippen molar-refractivity contribution < 1.29 is 4.92 Å². The first-order chi connectivity index (χ1) is 5.65. The Morgan fingerprint density at radius 1 is 1.75 bits per heavy atom. The van der Waals surface area contributed by atoms with Crippen LogP contribution in [-0.2, 0) is 6.42 Å². The Kier molecular flexibility index (Phi) is 2.75. The minimum absolute atomic E-state index is 0.0133. The van der Waals surface area contributed by atoms with Gasteiger partial charge in [0.15, 0.2) is 0 Å². The lowest BCUT2D eigenvalue weighted by Gasteiger charge is -1.97. The Bertz CT molecular complexity index is 314. The number of hydrogen-bond donors (Lipinski definition) is 0. The molecule has 0 fully saturated rings. The average Bonchev–Trinajstić information content (AvgIpc) is 2.04. The van der Waals surface area contributed by atoms with Crippen LogP contribution < -0.4 is 0 Å². The van der Waals surface area contributed by atoms with Crippen LogP contribution in [0.5, 0.6) is 0 Å². The third kappa shape index (κ3) is 1.79. The molecule has 0 aliphatic rings. The molecule has 1 radical (unpaired) electrons. The van der Waals surface area contributed by atoms with Crippen LogP contribution in [0.2, 0.25) is 0 Å². The van der Waals surface area contributed by atoms with Gasteiger partial charge < -0.3 is 0 Å². The van der Waals surface area contributed by atoms with E-state index >= 15 is 0 Å². The highest BCUT2D eigenvalue weighted by Gasteiger charge is 2.13. The van der Waals surface area contributed by atoms with Crippen LogP contribution in [0, 0.1) is 17.0 Å². The monoisotopic (exact) mass is 229 g/mol. The molecule has 0 unspecified atom stereocenters. The Hall–Kier alpha value is -0.970. The van der Waals surface area contributed by atoms with Crippen LogP contribution in [-0.4, -0.2) is 9.91 Å². The van der Waals surface area contributed by atoms with E-state index in [1.54, 1.807) is 0 Å². The van der Waals surface area contributed by atoms with E-state index in [2.05, 4.69) is 27.8 Å². The SMILES string of the molecule is [CH2]Cc1ncc(Br)cc1[N+](=O)[O-]. The molecule has 0 bridgehead atoms. The molecule has 12 heavy (non-hydrogen) atoms. The molecule has 63 valence electrons. The van der Waals surface area contributed by atoms with Crippen molar-refractivity contribution >= 4 is 21.6 Å². The van der Waals surface area contributed by atoms with Gasteiger partial charge in [0, 0.05) is 16.7 Å². The van der Waals surface area contributed by atoms with Gasteiger partial charge in [-0.1, -0.05) is 0 Å². The van der Waals surface area contributed by atoms with Crippen LogP contribution in [0.4, 0.5) is 5.69 Å². The number of aromatic nitrogens is 1. The molecule has 5 heteroatoms. The van der Waals surface area contributed by atoms with E-state index in [1.165, 1.54) is 12.3 Å². The zero-order valence-corrected chi connectivity index (χ0v) is 7.74. The smallest absolute Gasteiger partial charge is 0.258 e. The van der Waals surface area contributed by atoms with Gasteiger partial charge in [0.1, 0.15) is 5.69 Å². The minimum atomic E-state index is -0.460. The summed E-state index contributed by atoms with van der Waals surface area (Å²) in [6, 6.07) is 1.42. The van der Waals surface area contributed by atoms with E-state index in [1.807, 2.05) is 0 Å². The number of halogens is 1. The fraction of sp³-hybridized carbons (Fsp3) is 0.143. The van der Waals surface area contributed by atoms with Gasteiger partial charge in [-0.3, -0.25) is 15.1 Å². The molecule has 1 heterocycles. The molecule has 0 atom stereocenters. The van der Waals surface area contributed by atoms with E-state index < -0.39 is 4.92 Å². The van der Waals surface area contributed by atoms with Crippen molar-refractivity contribution in [3.8, 4) is 0 Å². The minimum Gasteiger partial charge on any atom is -0.258 e. The molecular formula is C7H6BrN2O2. The zero-order chi connectivity index (χ0) is 9.14. The van der Waals surface area contributed by atoms with Gasteiger partial charge in [-0.05, 0) is 29.3 Å². The van der Waals surface area contributed by atoms with Crippen molar-refractivity contribution in [3.05, 3.63) is 39.5 Å². The van der Waals surface area contributed by atoms with E-state index in [-0.39, 0.29) is 5.69 Å². The van der Waals surface area contributed by atoms with Crippen molar-refractivity contribution in [2.24, 2.45) is 0 Å². The lowest BCUT2D eigenvalue weighted by molar-refractivity contribution is -0.385. The summed E-state index contributed by atoms with van der Waals surface area (Å²) in [5.74, 6) is 0. The zero-order valence-electron chi connectivity index (χ0n) is 6.16. The number of pyridine rings is 1. The summed E-state index contributed by atoms with van der Waals surface area (Å²) < 4.78 is 0.603. The lowest BCUT2D eigenvalue weighted by Crippen LogP contribution is -1.96. The van der Waals surface area contributed by atoms with Crippen molar-refractivity contribution in [2.45, 2.75) is 6.42 Å². The Morgan fingerprint density at radius 3 is 2.92 bits per heavy atom. The maximum absolute atomic E-state index is 10.4. The molecule has 0 saturated carbocycles. The van der Waals surface area contributed by atoms with Crippen LogP contribution >= 0.6 is 15.9 Å². The maximum Gasteiger partial charge on any atom is 0.291 e. The summed E-state index contributed by atoms with van der Waals surface area (Å²) in [5.41, 5.74) is 0.419. The van der Waals surface area contributed by atoms with E-state index in [9.17, 15) is 10.1 Å². The van der Waals surface area contributed by atoms with E-state index in [0.29, 0.717) is 16.6 Å². The average molecular weight is 230 g/mol. The number of nitro groups is 1. The van der Waals surface area contributed by atoms with Crippen LogP contribution in [0.25, 0.3) is 0 Å². The largest absolute Gasteiger partial charge is 0.291 e. The highest BCUT2D eigenvalue weighted by Crippen LogP contribution is 2.20. The van der Waals surface area contributed by atoms with Gasteiger partial charge in [0.2, 0.25) is 0 Å². The number of rotatable bonds is 2. The van der Waals surface area contributed by atoms with E-state index in [0.717, 1.165) is 0 Å². The lowest BCUT2D eigenvalue weighted by atomic mass is 10.2. The summed E-state index contributed by atoms with van der Waals surface area (Å²) in [5, 5.41) is 10.4. The molecule has 0 N–H and O–H groups in total. The summed E-state index contributed by atoms with van der Waals surface area (Å²) in [6.07, 6.45) is 1.84. The topological polar surface area (TPSA) is 56.0 Å². The fourth-order valence-corrected chi connectivity index (χ4v) is 1.13. The normalized spacial score (nSPS) is 9.83. The van der Waals surface area contributed by atoms with Gasteiger partial charge in [0.05, 0.1) is 4.92 Å². The second-order valence-electron chi connectivity index (χ2n) is 2.13. The predicted octanol–water partition coefficient (Wildman–Crippen LogP) is 2.13. The third-order valence-electron chi connectivity index (χ3n) is 1.35. The van der Waals surface area contributed by atoms with Gasteiger partial charge >= 0.3 is 0 Å². The van der Waals surface area contributed by atoms with Crippen molar-refractivity contribution in [2.75, 3.05) is 0 Å². The Balaban J connectivity index is 3.21. The first-order valence-corrected chi connectivity index (χ1v) is 4.02. The van der Waals surface area contributed by atoms with Gasteiger partial charge in [-0.25, -0.2) is 0 Å². The molecule has 1 rings (SSSR count). The summed E-state index contributed by atoms with van der Waals surface area (Å²) >= 11 is 3.11. The maximum atomic E-state index is 10.4. The molecule has 0 aliphatic heterocycles. The van der Waals surface area contributed by atoms with Gasteiger partial charge in [0.25, 0.3) is 5.69 Å². The van der Waals surface area contributed by atoms with E-state index in [4.69, 9.17) is 0 Å². The van der Waals surface area contributed by atoms with Gasteiger partial charge in [-0.2, -0.15) is 0 Å². The fourth-order valence-electron chi connectivity index (χ4n) is 0.808. The molecule has 0 aromatic carbocycles. The van der Waals surface area contributed by atoms with Crippen LogP contribution in [0.15, 0.2) is 16.7 Å². The number of hydrogen-bond acceptors (Lipinski definition) is 3. The van der Waals surface area contributed by atoms with Gasteiger partial charge in [-0.15, -0.1) is 0 Å². The Morgan fingerprint density at radius 2 is 2.42 bits per heavy atom. The molecular weight excluding hydrogens is 224 g/mol. The molecule has 1 aromatic heterocycles. The van der Waals surface area contributed by atoms with Crippen molar-refractivity contribution in [1.82, 2.24) is 4.98 Å². The summed E-state index contributed by atoms with van der Waals surface area (Å²) in [4.78, 5) is 13.9. The first kappa shape index (κ1) is 9.12. The number of nitrogens with zero attached hydrogens (tertiary/aromatic N) is 2. The van der Waals surface area contributed by atoms with Crippen molar-refractivity contribution in [1.29, 1.82) is 0 Å². The standard InChI is InChI=1S/C7H6BrN2O2/c1-2-6-7(10(11)12)3-5(8)4-9-6/h3-4H,1-2H2. The first-order valence-electron chi connectivity index (χ1n) is 3.23. The molecule has 0 aliphatic carbocycles. The molecule has 1 aromatic rings. The van der Waals surface area contributed by atoms with Crippen molar-refractivity contribution in [3.63, 3.8) is 0 Å². The van der Waals surface area contributed by atoms with Crippen LogP contribution in [0.3, 0.4) is 0 Å². The third-order valence-corrected chi connectivity index (χ3v) is 1.78. The summed E-state index contributed by atoms with van der Waals surface area (Å²) in [6.45, 7) is 3.55. The highest BCUT2D eigenvalue weighted by molar-refractivity contribution is 9.10. The second-order valence-corrected chi connectivity index (χ2v) is 3.04. The Labute approximate surface area is 77.9 Å². The quantitative estimate of drug-likeness (QED) is 0.577. The van der Waals surface area contributed by atoms with Crippen LogP contribution in [0.1, 0.15) is 5.69 Å². The molecule has 0 amide bonds. The predicted molar refractivity (Wildman–Crippen MR) is 47.7 cm³/mol.